The van der Waals surface area contributed by atoms with Gasteiger partial charge in [0, 0.05) is 6.54 Å². The number of carbonyl (C=O) groups is 1. The van der Waals surface area contributed by atoms with Crippen LogP contribution in [-0.2, 0) is 9.53 Å². The highest BCUT2D eigenvalue weighted by Gasteiger charge is 2.48. The number of rotatable bonds is 11. The summed E-state index contributed by atoms with van der Waals surface area (Å²) >= 11 is 0. The van der Waals surface area contributed by atoms with E-state index in [-0.39, 0.29) is 0 Å². The first kappa shape index (κ1) is 29.3. The molecule has 1 heterocycles. The van der Waals surface area contributed by atoms with Crippen LogP contribution in [0.15, 0.2) is 78.9 Å². The summed E-state index contributed by atoms with van der Waals surface area (Å²) in [6, 6.07) is 25.0. The van der Waals surface area contributed by atoms with E-state index in [1.165, 1.54) is 0 Å². The number of aliphatic hydroxyl groups excluding tert-OH is 3. The van der Waals surface area contributed by atoms with Gasteiger partial charge in [-0.15, -0.1) is 0 Å². The zero-order valence-corrected chi connectivity index (χ0v) is 22.4. The van der Waals surface area contributed by atoms with Gasteiger partial charge in [0.25, 0.3) is 0 Å². The fourth-order valence-corrected chi connectivity index (χ4v) is 4.68. The molecular formula is C31H35NO8. The highest BCUT2D eigenvalue weighted by atomic mass is 16.7. The predicted octanol–water partition coefficient (Wildman–Crippen LogP) is 2.92. The SMILES string of the molecule is CC/C(=C(/c1ccc(OCCNC)cc1)c1cccc(OC2OC(C(=O)O)C(O)C(O)C2O)c1)c1ccccc1. The van der Waals surface area contributed by atoms with Crippen molar-refractivity contribution in [2.45, 2.75) is 44.1 Å². The highest BCUT2D eigenvalue weighted by Crippen LogP contribution is 2.36. The summed E-state index contributed by atoms with van der Waals surface area (Å²) < 4.78 is 16.9. The molecule has 5 N–H and O–H groups in total. The van der Waals surface area contributed by atoms with Crippen molar-refractivity contribution in [3.05, 3.63) is 95.6 Å². The van der Waals surface area contributed by atoms with Gasteiger partial charge in [-0.05, 0) is 65.6 Å². The van der Waals surface area contributed by atoms with E-state index >= 15 is 0 Å². The zero-order valence-electron chi connectivity index (χ0n) is 22.4. The Bertz CT molecular complexity index is 1290. The van der Waals surface area contributed by atoms with Crippen LogP contribution in [0.4, 0.5) is 0 Å². The first-order chi connectivity index (χ1) is 19.3. The third-order valence-electron chi connectivity index (χ3n) is 6.73. The Morgan fingerprint density at radius 1 is 0.850 bits per heavy atom. The second-order valence-corrected chi connectivity index (χ2v) is 9.43. The van der Waals surface area contributed by atoms with E-state index in [0.29, 0.717) is 12.4 Å². The second kappa shape index (κ2) is 13.6. The summed E-state index contributed by atoms with van der Waals surface area (Å²) in [5.41, 5.74) is 4.90. The van der Waals surface area contributed by atoms with Gasteiger partial charge in [0.2, 0.25) is 6.29 Å². The number of ether oxygens (including phenoxy) is 3. The molecule has 0 spiro atoms. The van der Waals surface area contributed by atoms with E-state index in [0.717, 1.165) is 46.6 Å². The number of aliphatic hydroxyl groups is 3. The van der Waals surface area contributed by atoms with E-state index in [2.05, 4.69) is 24.4 Å². The Hall–Kier alpha value is -3.73. The molecule has 9 heteroatoms. The summed E-state index contributed by atoms with van der Waals surface area (Å²) in [6.07, 6.45) is -7.72. The van der Waals surface area contributed by atoms with Crippen LogP contribution in [-0.4, -0.2) is 77.3 Å². The molecular weight excluding hydrogens is 514 g/mol. The van der Waals surface area contributed by atoms with E-state index in [4.69, 9.17) is 14.2 Å². The first-order valence-electron chi connectivity index (χ1n) is 13.2. The molecule has 5 unspecified atom stereocenters. The zero-order chi connectivity index (χ0) is 28.6. The summed E-state index contributed by atoms with van der Waals surface area (Å²) in [5, 5.41) is 43.0. The van der Waals surface area contributed by atoms with Crippen molar-refractivity contribution in [3.8, 4) is 11.5 Å². The quantitative estimate of drug-likeness (QED) is 0.181. The minimum absolute atomic E-state index is 0.294. The average Bonchev–Trinajstić information content (AvgIpc) is 2.97. The maximum atomic E-state index is 11.5. The van der Waals surface area contributed by atoms with Crippen molar-refractivity contribution in [3.63, 3.8) is 0 Å². The van der Waals surface area contributed by atoms with Gasteiger partial charge in [0.15, 0.2) is 6.10 Å². The molecule has 1 fully saturated rings. The number of likely N-dealkylation sites (N-methyl/N-ethyl adjacent to an activating group) is 1. The molecule has 0 saturated carbocycles. The lowest BCUT2D eigenvalue weighted by Gasteiger charge is -2.38. The van der Waals surface area contributed by atoms with Gasteiger partial charge in [-0.25, -0.2) is 4.79 Å². The topological polar surface area (TPSA) is 138 Å². The Morgan fingerprint density at radius 3 is 2.20 bits per heavy atom. The summed E-state index contributed by atoms with van der Waals surface area (Å²) in [4.78, 5) is 11.5. The van der Waals surface area contributed by atoms with Crippen molar-refractivity contribution in [1.82, 2.24) is 5.32 Å². The molecule has 3 aromatic carbocycles. The van der Waals surface area contributed by atoms with Crippen LogP contribution in [0.5, 0.6) is 11.5 Å². The molecule has 0 radical (unpaired) electrons. The van der Waals surface area contributed by atoms with Crippen LogP contribution >= 0.6 is 0 Å². The Morgan fingerprint density at radius 2 is 1.55 bits per heavy atom. The molecule has 4 rings (SSSR count). The standard InChI is InChI=1S/C31H35NO8/c1-3-24(19-8-5-4-6-9-19)25(20-12-14-22(15-13-20)38-17-16-32-2)21-10-7-11-23(18-21)39-31-28(35)26(33)27(34)29(40-31)30(36)37/h4-15,18,26-29,31-35H,3,16-17H2,1-2H3,(H,36,37)/b25-24+. The Kier molecular flexibility index (Phi) is 9.92. The molecule has 1 aliphatic heterocycles. The molecule has 0 bridgehead atoms. The maximum Gasteiger partial charge on any atom is 0.335 e. The maximum absolute atomic E-state index is 11.5. The summed E-state index contributed by atoms with van der Waals surface area (Å²) in [7, 11) is 1.87. The fraction of sp³-hybridized carbons (Fsp3) is 0.323. The van der Waals surface area contributed by atoms with Gasteiger partial charge < -0.3 is 40.0 Å². The lowest BCUT2D eigenvalue weighted by Crippen LogP contribution is -2.61. The number of hydrogen-bond donors (Lipinski definition) is 5. The average molecular weight is 550 g/mol. The normalized spacial score (nSPS) is 23.3. The van der Waals surface area contributed by atoms with Crippen molar-refractivity contribution in [2.24, 2.45) is 0 Å². The molecule has 1 saturated heterocycles. The van der Waals surface area contributed by atoms with Crippen molar-refractivity contribution >= 4 is 17.1 Å². The number of hydrogen-bond acceptors (Lipinski definition) is 8. The summed E-state index contributed by atoms with van der Waals surface area (Å²) in [6.45, 7) is 3.37. The number of allylic oxidation sites excluding steroid dienone is 1. The molecule has 1 aliphatic rings. The molecule has 0 aliphatic carbocycles. The molecule has 0 amide bonds. The largest absolute Gasteiger partial charge is 0.492 e. The van der Waals surface area contributed by atoms with Gasteiger partial charge >= 0.3 is 5.97 Å². The van der Waals surface area contributed by atoms with Crippen LogP contribution in [0.2, 0.25) is 0 Å². The van der Waals surface area contributed by atoms with Gasteiger partial charge in [-0.2, -0.15) is 0 Å². The predicted molar refractivity (Wildman–Crippen MR) is 150 cm³/mol. The molecule has 5 atom stereocenters. The number of aliphatic carboxylic acids is 1. The van der Waals surface area contributed by atoms with E-state index in [1.807, 2.05) is 55.6 Å². The third-order valence-corrected chi connectivity index (χ3v) is 6.73. The number of nitrogens with one attached hydrogen (secondary N) is 1. The van der Waals surface area contributed by atoms with Crippen LogP contribution in [0.25, 0.3) is 11.1 Å². The Balaban J connectivity index is 1.71. The summed E-state index contributed by atoms with van der Waals surface area (Å²) in [5.74, 6) is -0.424. The minimum atomic E-state index is -1.80. The van der Waals surface area contributed by atoms with E-state index < -0.39 is 36.7 Å². The van der Waals surface area contributed by atoms with Crippen molar-refractivity contribution in [1.29, 1.82) is 0 Å². The fourth-order valence-electron chi connectivity index (χ4n) is 4.68. The molecule has 212 valence electrons. The molecule has 0 aromatic heterocycles. The van der Waals surface area contributed by atoms with Crippen LogP contribution < -0.4 is 14.8 Å². The second-order valence-electron chi connectivity index (χ2n) is 9.43. The van der Waals surface area contributed by atoms with Gasteiger partial charge in [-0.1, -0.05) is 61.5 Å². The van der Waals surface area contributed by atoms with Crippen molar-refractivity contribution in [2.75, 3.05) is 20.2 Å². The third kappa shape index (κ3) is 6.70. The lowest BCUT2D eigenvalue weighted by molar-refractivity contribution is -0.271. The smallest absolute Gasteiger partial charge is 0.335 e. The number of benzene rings is 3. The van der Waals surface area contributed by atoms with Crippen LogP contribution in [0.3, 0.4) is 0 Å². The molecule has 3 aromatic rings. The highest BCUT2D eigenvalue weighted by molar-refractivity contribution is 5.98. The number of carboxylic acid groups (broad SMARTS) is 1. The van der Waals surface area contributed by atoms with E-state index in [1.54, 1.807) is 18.2 Å². The van der Waals surface area contributed by atoms with Gasteiger partial charge in [-0.3, -0.25) is 0 Å². The monoisotopic (exact) mass is 549 g/mol. The number of carboxylic acids is 1. The van der Waals surface area contributed by atoms with Crippen LogP contribution in [0, 0.1) is 0 Å². The lowest BCUT2D eigenvalue weighted by atomic mass is 9.88. The van der Waals surface area contributed by atoms with E-state index in [9.17, 15) is 25.2 Å². The van der Waals surface area contributed by atoms with Gasteiger partial charge in [0.1, 0.15) is 36.4 Å². The van der Waals surface area contributed by atoms with Crippen LogP contribution in [0.1, 0.15) is 30.0 Å². The minimum Gasteiger partial charge on any atom is -0.492 e. The van der Waals surface area contributed by atoms with Gasteiger partial charge in [0.05, 0.1) is 0 Å². The Labute approximate surface area is 233 Å². The first-order valence-corrected chi connectivity index (χ1v) is 13.2. The van der Waals surface area contributed by atoms with Crippen molar-refractivity contribution < 1.29 is 39.4 Å². The molecule has 9 nitrogen and oxygen atoms in total. The molecule has 40 heavy (non-hydrogen) atoms.